The number of nitrogens with zero attached hydrogens (tertiary/aromatic N) is 2. The molecule has 0 saturated heterocycles. The standard InChI is InChI=1S/C10H19IN2OSi/c1-9-7-12-13(10(9)11)8-14-5-6-15(2,3)4/h7H,5-6,8H2,1-4H3. The molecule has 0 spiro atoms. The van der Waals surface area contributed by atoms with E-state index in [1.165, 1.54) is 15.3 Å². The Hall–Kier alpha value is 0.117. The molecule has 0 N–H and O–H groups in total. The van der Waals surface area contributed by atoms with Crippen molar-refractivity contribution in [1.29, 1.82) is 0 Å². The van der Waals surface area contributed by atoms with Crippen LogP contribution >= 0.6 is 22.6 Å². The highest BCUT2D eigenvalue weighted by Gasteiger charge is 2.12. The zero-order valence-corrected chi connectivity index (χ0v) is 13.0. The van der Waals surface area contributed by atoms with Crippen LogP contribution in [0, 0.1) is 10.6 Å². The van der Waals surface area contributed by atoms with Crippen LogP contribution in [0.25, 0.3) is 0 Å². The van der Waals surface area contributed by atoms with E-state index in [0.717, 1.165) is 6.61 Å². The molecule has 0 aliphatic carbocycles. The van der Waals surface area contributed by atoms with Gasteiger partial charge in [0, 0.05) is 20.2 Å². The molecule has 15 heavy (non-hydrogen) atoms. The summed E-state index contributed by atoms with van der Waals surface area (Å²) in [6.45, 7) is 10.6. The fourth-order valence-electron chi connectivity index (χ4n) is 1.08. The Balaban J connectivity index is 2.30. The number of aryl methyl sites for hydroxylation is 1. The number of ether oxygens (including phenoxy) is 1. The summed E-state index contributed by atoms with van der Waals surface area (Å²) >= 11 is 2.30. The summed E-state index contributed by atoms with van der Waals surface area (Å²) in [5.41, 5.74) is 1.21. The Morgan fingerprint density at radius 2 is 2.13 bits per heavy atom. The number of halogens is 1. The second-order valence-electron chi connectivity index (χ2n) is 4.97. The second-order valence-corrected chi connectivity index (χ2v) is 11.6. The number of hydrogen-bond acceptors (Lipinski definition) is 2. The Bertz CT molecular complexity index is 320. The van der Waals surface area contributed by atoms with Crippen molar-refractivity contribution in [2.24, 2.45) is 0 Å². The Labute approximate surface area is 106 Å². The maximum absolute atomic E-state index is 5.62. The molecule has 0 amide bonds. The van der Waals surface area contributed by atoms with Gasteiger partial charge in [-0.15, -0.1) is 0 Å². The molecule has 1 aromatic rings. The molecule has 0 atom stereocenters. The summed E-state index contributed by atoms with van der Waals surface area (Å²) in [7, 11) is -0.960. The lowest BCUT2D eigenvalue weighted by atomic mass is 10.4. The number of hydrogen-bond donors (Lipinski definition) is 0. The average molecular weight is 338 g/mol. The van der Waals surface area contributed by atoms with E-state index in [-0.39, 0.29) is 0 Å². The van der Waals surface area contributed by atoms with Crippen molar-refractivity contribution in [3.8, 4) is 0 Å². The van der Waals surface area contributed by atoms with Gasteiger partial charge in [-0.3, -0.25) is 0 Å². The smallest absolute Gasteiger partial charge is 0.140 e. The summed E-state index contributed by atoms with van der Waals surface area (Å²) in [5, 5.41) is 4.24. The third kappa shape index (κ3) is 4.65. The van der Waals surface area contributed by atoms with Crippen LogP contribution in [0.4, 0.5) is 0 Å². The highest BCUT2D eigenvalue weighted by Crippen LogP contribution is 2.11. The zero-order valence-electron chi connectivity index (χ0n) is 9.88. The highest BCUT2D eigenvalue weighted by molar-refractivity contribution is 14.1. The fourth-order valence-corrected chi connectivity index (χ4v) is 2.24. The second kappa shape index (κ2) is 5.45. The molecule has 0 aliphatic rings. The first-order valence-electron chi connectivity index (χ1n) is 5.16. The van der Waals surface area contributed by atoms with Crippen LogP contribution in [-0.4, -0.2) is 24.5 Å². The zero-order chi connectivity index (χ0) is 11.5. The largest absolute Gasteiger partial charge is 0.359 e. The molecule has 3 nitrogen and oxygen atoms in total. The van der Waals surface area contributed by atoms with Crippen molar-refractivity contribution in [2.45, 2.75) is 39.3 Å². The van der Waals surface area contributed by atoms with Gasteiger partial charge in [-0.2, -0.15) is 5.10 Å². The molecule has 0 radical (unpaired) electrons. The Morgan fingerprint density at radius 1 is 1.47 bits per heavy atom. The van der Waals surface area contributed by atoms with Crippen molar-refractivity contribution >= 4 is 30.7 Å². The monoisotopic (exact) mass is 338 g/mol. The summed E-state index contributed by atoms with van der Waals surface area (Å²) in [4.78, 5) is 0. The highest BCUT2D eigenvalue weighted by atomic mass is 127. The topological polar surface area (TPSA) is 27.1 Å². The van der Waals surface area contributed by atoms with Crippen LogP contribution in [0.2, 0.25) is 25.7 Å². The third-order valence-electron chi connectivity index (χ3n) is 2.15. The van der Waals surface area contributed by atoms with Crippen LogP contribution in [-0.2, 0) is 11.5 Å². The lowest BCUT2D eigenvalue weighted by Gasteiger charge is -2.15. The lowest BCUT2D eigenvalue weighted by Crippen LogP contribution is -2.22. The minimum absolute atomic E-state index is 0.580. The van der Waals surface area contributed by atoms with E-state index in [0.29, 0.717) is 6.73 Å². The molecule has 5 heteroatoms. The summed E-state index contributed by atoms with van der Waals surface area (Å²) < 4.78 is 8.69. The predicted molar refractivity (Wildman–Crippen MR) is 73.8 cm³/mol. The third-order valence-corrected chi connectivity index (χ3v) is 5.26. The number of aromatic nitrogens is 2. The van der Waals surface area contributed by atoms with Crippen molar-refractivity contribution in [3.05, 3.63) is 15.5 Å². The summed E-state index contributed by atoms with van der Waals surface area (Å²) in [6, 6.07) is 1.21. The molecule has 0 aliphatic heterocycles. The molecular weight excluding hydrogens is 319 g/mol. The molecular formula is C10H19IN2OSi. The van der Waals surface area contributed by atoms with E-state index < -0.39 is 8.07 Å². The minimum atomic E-state index is -0.960. The van der Waals surface area contributed by atoms with Gasteiger partial charge in [-0.1, -0.05) is 19.6 Å². The minimum Gasteiger partial charge on any atom is -0.359 e. The molecule has 1 heterocycles. The van der Waals surface area contributed by atoms with Crippen molar-refractivity contribution in [2.75, 3.05) is 6.61 Å². The van der Waals surface area contributed by atoms with E-state index in [2.05, 4.69) is 54.3 Å². The SMILES string of the molecule is Cc1cnn(COCC[Si](C)(C)C)c1I. The van der Waals surface area contributed by atoms with Crippen molar-refractivity contribution < 1.29 is 4.74 Å². The van der Waals surface area contributed by atoms with Crippen LogP contribution in [0.3, 0.4) is 0 Å². The van der Waals surface area contributed by atoms with E-state index in [4.69, 9.17) is 4.74 Å². The molecule has 0 unspecified atom stereocenters. The van der Waals surface area contributed by atoms with E-state index in [1.54, 1.807) is 0 Å². The molecule has 0 fully saturated rings. The van der Waals surface area contributed by atoms with E-state index in [1.807, 2.05) is 10.9 Å². The fraction of sp³-hybridized carbons (Fsp3) is 0.700. The first-order chi connectivity index (χ1) is 6.90. The summed E-state index contributed by atoms with van der Waals surface area (Å²) in [5.74, 6) is 0. The van der Waals surface area contributed by atoms with Gasteiger partial charge >= 0.3 is 0 Å². The maximum Gasteiger partial charge on any atom is 0.140 e. The van der Waals surface area contributed by atoms with E-state index >= 15 is 0 Å². The predicted octanol–water partition coefficient (Wildman–Crippen LogP) is 3.11. The van der Waals surface area contributed by atoms with E-state index in [9.17, 15) is 0 Å². The normalized spacial score (nSPS) is 12.1. The lowest BCUT2D eigenvalue weighted by molar-refractivity contribution is 0.0767. The van der Waals surface area contributed by atoms with Gasteiger partial charge in [0.05, 0.1) is 6.20 Å². The Kier molecular flexibility index (Phi) is 4.79. The maximum atomic E-state index is 5.62. The van der Waals surface area contributed by atoms with Crippen LogP contribution < -0.4 is 0 Å². The Morgan fingerprint density at radius 3 is 2.60 bits per heavy atom. The van der Waals surface area contributed by atoms with Gasteiger partial charge in [0.2, 0.25) is 0 Å². The van der Waals surface area contributed by atoms with Crippen LogP contribution in [0.15, 0.2) is 6.20 Å². The molecule has 0 aromatic carbocycles. The van der Waals surface area contributed by atoms with Gasteiger partial charge in [-0.25, -0.2) is 4.68 Å². The molecule has 1 aromatic heterocycles. The first-order valence-corrected chi connectivity index (χ1v) is 9.94. The molecule has 0 saturated carbocycles. The quantitative estimate of drug-likeness (QED) is 0.469. The van der Waals surface area contributed by atoms with Crippen LogP contribution in [0.5, 0.6) is 0 Å². The van der Waals surface area contributed by atoms with Crippen molar-refractivity contribution in [1.82, 2.24) is 9.78 Å². The van der Waals surface area contributed by atoms with Gasteiger partial charge in [-0.05, 0) is 35.6 Å². The van der Waals surface area contributed by atoms with Gasteiger partial charge in [0.1, 0.15) is 10.4 Å². The van der Waals surface area contributed by atoms with Gasteiger partial charge in [0.15, 0.2) is 0 Å². The molecule has 0 bridgehead atoms. The first kappa shape index (κ1) is 13.2. The van der Waals surface area contributed by atoms with Crippen LogP contribution in [0.1, 0.15) is 5.56 Å². The molecule has 86 valence electrons. The van der Waals surface area contributed by atoms with Crippen molar-refractivity contribution in [3.63, 3.8) is 0 Å². The molecule has 1 rings (SSSR count). The number of rotatable bonds is 5. The average Bonchev–Trinajstić information content (AvgIpc) is 2.42. The summed E-state index contributed by atoms with van der Waals surface area (Å²) in [6.07, 6.45) is 1.88. The van der Waals surface area contributed by atoms with Gasteiger partial charge in [0.25, 0.3) is 0 Å². The van der Waals surface area contributed by atoms with Gasteiger partial charge < -0.3 is 4.74 Å².